The Bertz CT molecular complexity index is 1100. The lowest BCUT2D eigenvalue weighted by Crippen LogP contribution is -2.11. The Labute approximate surface area is 179 Å². The maximum absolute atomic E-state index is 13.0. The molecule has 0 aliphatic heterocycles. The first-order chi connectivity index (χ1) is 14.9. The molecule has 0 fully saturated rings. The number of ether oxygens (including phenoxy) is 3. The van der Waals surface area contributed by atoms with Crippen molar-refractivity contribution in [1.29, 1.82) is 0 Å². The highest BCUT2D eigenvalue weighted by atomic mass is 19.1. The second kappa shape index (κ2) is 9.71. The van der Waals surface area contributed by atoms with E-state index >= 15 is 0 Å². The number of hydrogen-bond donors (Lipinski definition) is 0. The number of carbonyl (C=O) groups excluding carboxylic acids is 2. The third kappa shape index (κ3) is 5.57. The minimum absolute atomic E-state index is 0.0781. The molecule has 3 aromatic rings. The first kappa shape index (κ1) is 21.8. The van der Waals surface area contributed by atoms with Gasteiger partial charge < -0.3 is 14.2 Å². The third-order valence-corrected chi connectivity index (χ3v) is 4.36. The normalized spacial score (nSPS) is 10.3. The van der Waals surface area contributed by atoms with Crippen LogP contribution in [0.1, 0.15) is 22.8 Å². The summed E-state index contributed by atoms with van der Waals surface area (Å²) in [6.07, 6.45) is 0. The van der Waals surface area contributed by atoms with Crippen LogP contribution in [0, 0.1) is 6.92 Å². The third-order valence-electron chi connectivity index (χ3n) is 4.36. The summed E-state index contributed by atoms with van der Waals surface area (Å²) in [5.74, 6) is -2.85. The van der Waals surface area contributed by atoms with E-state index in [1.807, 2.05) is 43.3 Å². The minimum Gasteiger partial charge on any atom is -0.490 e. The van der Waals surface area contributed by atoms with Crippen LogP contribution < -0.4 is 14.2 Å². The molecule has 0 saturated heterocycles. The van der Waals surface area contributed by atoms with Crippen molar-refractivity contribution in [3.63, 3.8) is 0 Å². The van der Waals surface area contributed by atoms with Gasteiger partial charge in [0.15, 0.2) is 11.5 Å². The molecule has 0 spiro atoms. The Morgan fingerprint density at radius 2 is 1.48 bits per heavy atom. The Morgan fingerprint density at radius 1 is 0.871 bits per heavy atom. The summed E-state index contributed by atoms with van der Waals surface area (Å²) in [6.45, 7) is 6.96. The van der Waals surface area contributed by atoms with Gasteiger partial charge in [-0.05, 0) is 49.2 Å². The van der Waals surface area contributed by atoms with Crippen LogP contribution in [0.15, 0.2) is 79.1 Å². The van der Waals surface area contributed by atoms with E-state index in [2.05, 4.69) is 6.58 Å². The molecule has 0 heterocycles. The topological polar surface area (TPSA) is 61.8 Å². The molecule has 0 bridgehead atoms. The Balaban J connectivity index is 1.76. The SMILES string of the molecule is C=C(F)C(=O)Oc1cc(OC(=O)c2ccc(-c3ccc(C)cc3)cc2)ccc1OCC. The molecule has 6 heteroatoms. The number of hydrogen-bond acceptors (Lipinski definition) is 5. The standard InChI is InChI=1S/C25H21FO5/c1-4-29-22-14-13-21(15-23(22)31-24(27)17(3)26)30-25(28)20-11-9-19(10-12-20)18-7-5-16(2)6-8-18/h5-15H,3-4H2,1-2H3. The Morgan fingerprint density at radius 3 is 2.06 bits per heavy atom. The van der Waals surface area contributed by atoms with Crippen LogP contribution in [0.3, 0.4) is 0 Å². The fraction of sp³-hybridized carbons (Fsp3) is 0.120. The first-order valence-corrected chi connectivity index (χ1v) is 9.60. The molecule has 0 atom stereocenters. The maximum atomic E-state index is 13.0. The second-order valence-electron chi connectivity index (χ2n) is 6.67. The van der Waals surface area contributed by atoms with E-state index in [1.54, 1.807) is 19.1 Å². The van der Waals surface area contributed by atoms with Crippen molar-refractivity contribution in [2.24, 2.45) is 0 Å². The van der Waals surface area contributed by atoms with Gasteiger partial charge >= 0.3 is 11.9 Å². The summed E-state index contributed by atoms with van der Waals surface area (Å²) >= 11 is 0. The molecule has 0 aliphatic carbocycles. The lowest BCUT2D eigenvalue weighted by atomic mass is 10.0. The molecule has 3 aromatic carbocycles. The van der Waals surface area contributed by atoms with Gasteiger partial charge in [0.05, 0.1) is 12.2 Å². The van der Waals surface area contributed by atoms with Crippen molar-refractivity contribution in [3.05, 3.63) is 90.3 Å². The maximum Gasteiger partial charge on any atom is 0.372 e. The van der Waals surface area contributed by atoms with Crippen molar-refractivity contribution in [2.45, 2.75) is 13.8 Å². The molecule has 0 N–H and O–H groups in total. The highest BCUT2D eigenvalue weighted by Gasteiger charge is 2.16. The minimum atomic E-state index is -1.25. The summed E-state index contributed by atoms with van der Waals surface area (Å²) in [7, 11) is 0. The Hall–Kier alpha value is -3.93. The van der Waals surface area contributed by atoms with Crippen LogP contribution in [-0.2, 0) is 4.79 Å². The lowest BCUT2D eigenvalue weighted by molar-refractivity contribution is -0.131. The largest absolute Gasteiger partial charge is 0.490 e. The van der Waals surface area contributed by atoms with Gasteiger partial charge in [-0.1, -0.05) is 48.5 Å². The quantitative estimate of drug-likeness (QED) is 0.280. The van der Waals surface area contributed by atoms with E-state index in [4.69, 9.17) is 14.2 Å². The van der Waals surface area contributed by atoms with Crippen molar-refractivity contribution in [1.82, 2.24) is 0 Å². The van der Waals surface area contributed by atoms with Crippen molar-refractivity contribution in [2.75, 3.05) is 6.61 Å². The summed E-state index contributed by atoms with van der Waals surface area (Å²) < 4.78 is 28.7. The van der Waals surface area contributed by atoms with Gasteiger partial charge in [-0.25, -0.2) is 9.59 Å². The van der Waals surface area contributed by atoms with E-state index in [0.29, 0.717) is 12.2 Å². The fourth-order valence-corrected chi connectivity index (χ4v) is 2.77. The van der Waals surface area contributed by atoms with Gasteiger partial charge in [0.2, 0.25) is 5.83 Å². The molecule has 0 unspecified atom stereocenters. The van der Waals surface area contributed by atoms with Crippen molar-refractivity contribution >= 4 is 11.9 Å². The summed E-state index contributed by atoms with van der Waals surface area (Å²) in [5, 5.41) is 0. The average molecular weight is 420 g/mol. The predicted octanol–water partition coefficient (Wildman–Crippen LogP) is 5.67. The van der Waals surface area contributed by atoms with Gasteiger partial charge in [0.25, 0.3) is 0 Å². The number of benzene rings is 3. The molecular weight excluding hydrogens is 399 g/mol. The fourth-order valence-electron chi connectivity index (χ4n) is 2.77. The summed E-state index contributed by atoms with van der Waals surface area (Å²) in [6, 6.07) is 19.3. The van der Waals surface area contributed by atoms with Crippen LogP contribution in [-0.4, -0.2) is 18.5 Å². The van der Waals surface area contributed by atoms with Gasteiger partial charge in [0.1, 0.15) is 5.75 Å². The molecule has 0 amide bonds. The van der Waals surface area contributed by atoms with Gasteiger partial charge in [0, 0.05) is 6.07 Å². The number of rotatable bonds is 7. The summed E-state index contributed by atoms with van der Waals surface area (Å²) in [5.41, 5.74) is 3.52. The van der Waals surface area contributed by atoms with E-state index in [0.717, 1.165) is 11.1 Å². The van der Waals surface area contributed by atoms with Crippen molar-refractivity contribution in [3.8, 4) is 28.4 Å². The second-order valence-corrected chi connectivity index (χ2v) is 6.67. The van der Waals surface area contributed by atoms with Crippen LogP contribution in [0.4, 0.5) is 4.39 Å². The number of halogens is 1. The number of esters is 2. The van der Waals surface area contributed by atoms with Gasteiger partial charge in [-0.15, -0.1) is 0 Å². The number of aryl methyl sites for hydroxylation is 1. The highest BCUT2D eigenvalue weighted by Crippen LogP contribution is 2.32. The zero-order valence-corrected chi connectivity index (χ0v) is 17.2. The van der Waals surface area contributed by atoms with Crippen LogP contribution in [0.25, 0.3) is 11.1 Å². The molecule has 5 nitrogen and oxygen atoms in total. The Kier molecular flexibility index (Phi) is 6.82. The zero-order valence-electron chi connectivity index (χ0n) is 17.2. The van der Waals surface area contributed by atoms with Crippen LogP contribution in [0.2, 0.25) is 0 Å². The predicted molar refractivity (Wildman–Crippen MR) is 115 cm³/mol. The average Bonchev–Trinajstić information content (AvgIpc) is 2.76. The molecule has 31 heavy (non-hydrogen) atoms. The van der Waals surface area contributed by atoms with E-state index in [-0.39, 0.29) is 17.2 Å². The molecule has 0 saturated carbocycles. The van der Waals surface area contributed by atoms with E-state index < -0.39 is 17.8 Å². The lowest BCUT2D eigenvalue weighted by Gasteiger charge is -2.12. The van der Waals surface area contributed by atoms with E-state index in [1.165, 1.54) is 23.8 Å². The van der Waals surface area contributed by atoms with E-state index in [9.17, 15) is 14.0 Å². The monoisotopic (exact) mass is 420 g/mol. The van der Waals surface area contributed by atoms with Crippen LogP contribution >= 0.6 is 0 Å². The molecule has 0 radical (unpaired) electrons. The smallest absolute Gasteiger partial charge is 0.372 e. The van der Waals surface area contributed by atoms with Crippen molar-refractivity contribution < 1.29 is 28.2 Å². The molecule has 3 rings (SSSR count). The molecular formula is C25H21FO5. The first-order valence-electron chi connectivity index (χ1n) is 9.60. The van der Waals surface area contributed by atoms with Gasteiger partial charge in [-0.3, -0.25) is 0 Å². The summed E-state index contributed by atoms with van der Waals surface area (Å²) in [4.78, 5) is 24.1. The van der Waals surface area contributed by atoms with Crippen LogP contribution in [0.5, 0.6) is 17.2 Å². The molecule has 0 aromatic heterocycles. The highest BCUT2D eigenvalue weighted by molar-refractivity contribution is 5.92. The van der Waals surface area contributed by atoms with Gasteiger partial charge in [-0.2, -0.15) is 4.39 Å². The molecule has 158 valence electrons. The zero-order chi connectivity index (χ0) is 22.4. The number of carbonyl (C=O) groups is 2. The molecule has 0 aliphatic rings.